The Kier molecular flexibility index (Phi) is 8.64. The number of rotatable bonds is 7. The number of hydrogen-bond acceptors (Lipinski definition) is 6. The maximum Gasteiger partial charge on any atom is 0.238 e. The van der Waals surface area contributed by atoms with E-state index < -0.39 is 9.84 Å². The van der Waals surface area contributed by atoms with E-state index in [9.17, 15) is 8.42 Å². The zero-order valence-corrected chi connectivity index (χ0v) is 36.7. The summed E-state index contributed by atoms with van der Waals surface area (Å²) in [5, 5.41) is 6.86. The van der Waals surface area contributed by atoms with Gasteiger partial charge in [0.15, 0.2) is 11.6 Å². The predicted octanol–water partition coefficient (Wildman–Crippen LogP) is 14.3. The van der Waals surface area contributed by atoms with E-state index in [1.807, 2.05) is 97.1 Å². The molecule has 4 heterocycles. The summed E-state index contributed by atoms with van der Waals surface area (Å²) in [6, 6.07) is 70.4. The number of para-hydroxylation sites is 2. The van der Waals surface area contributed by atoms with E-state index in [4.69, 9.17) is 15.0 Å². The maximum absolute atomic E-state index is 14.2. The van der Waals surface area contributed by atoms with E-state index in [1.165, 1.54) is 25.6 Å². The molecule has 0 bridgehead atoms. The van der Waals surface area contributed by atoms with E-state index in [0.29, 0.717) is 17.6 Å². The molecule has 66 heavy (non-hydrogen) atoms. The Bertz CT molecular complexity index is 4100. The minimum atomic E-state index is -3.83. The van der Waals surface area contributed by atoms with Crippen molar-refractivity contribution in [1.29, 1.82) is 0 Å². The second kappa shape index (κ2) is 14.9. The molecule has 0 atom stereocenters. The van der Waals surface area contributed by atoms with Gasteiger partial charge in [0.2, 0.25) is 15.8 Å². The van der Waals surface area contributed by atoms with Crippen LogP contribution in [0.1, 0.15) is 0 Å². The third-order valence-corrected chi connectivity index (χ3v) is 15.6. The first-order valence-corrected chi connectivity index (χ1v) is 24.0. The van der Waals surface area contributed by atoms with E-state index >= 15 is 0 Å². The molecule has 0 saturated carbocycles. The van der Waals surface area contributed by atoms with Crippen LogP contribution < -0.4 is 0 Å². The van der Waals surface area contributed by atoms with Gasteiger partial charge < -0.3 is 4.57 Å². The number of thiophene rings is 1. The minimum absolute atomic E-state index is 0.235. The highest BCUT2D eigenvalue weighted by atomic mass is 32.2. The quantitative estimate of drug-likeness (QED) is 0.159. The monoisotopic (exact) mass is 885 g/mol. The molecule has 0 spiro atoms. The Hall–Kier alpha value is -8.24. The molecule has 0 amide bonds. The van der Waals surface area contributed by atoms with E-state index in [2.05, 4.69) is 100 Å². The number of hydrogen-bond donors (Lipinski definition) is 0. The Morgan fingerprint density at radius 1 is 0.379 bits per heavy atom. The van der Waals surface area contributed by atoms with Crippen LogP contribution in [-0.4, -0.2) is 32.5 Å². The lowest BCUT2D eigenvalue weighted by atomic mass is 10.0. The standard InChI is InChI=1S/C57H35N5O2S2/c63-66(64,42-30-26-40(27-31-42)61-49-20-10-7-17-43(49)46-32-33-47-45-19-9-12-22-52(45)65-54(47)53(46)61)41-28-23-36(24-29-41)39-25-34-51-48(35-39)44-18-8-11-21-50(44)62(51)57-59-55(37-13-3-1-4-14-37)58-56(60-57)38-15-5-2-6-16-38/h1-35H. The second-order valence-electron chi connectivity index (χ2n) is 16.4. The average molecular weight is 886 g/mol. The largest absolute Gasteiger partial charge is 0.308 e. The molecule has 0 aliphatic rings. The van der Waals surface area contributed by atoms with Crippen molar-refractivity contribution >= 4 is 85.0 Å². The summed E-state index contributed by atoms with van der Waals surface area (Å²) < 4.78 is 35.3. The minimum Gasteiger partial charge on any atom is -0.308 e. The third kappa shape index (κ3) is 6.01. The zero-order valence-electron chi connectivity index (χ0n) is 35.1. The molecule has 0 radical (unpaired) electrons. The van der Waals surface area contributed by atoms with Crippen LogP contribution in [0.3, 0.4) is 0 Å². The molecule has 0 fully saturated rings. The van der Waals surface area contributed by atoms with Gasteiger partial charge in [0, 0.05) is 53.8 Å². The summed E-state index contributed by atoms with van der Waals surface area (Å²) in [5.74, 6) is 1.70. The highest BCUT2D eigenvalue weighted by molar-refractivity contribution is 7.91. The Morgan fingerprint density at radius 2 is 0.894 bits per heavy atom. The van der Waals surface area contributed by atoms with Crippen molar-refractivity contribution in [3.05, 3.63) is 212 Å². The molecule has 0 aliphatic heterocycles. The highest BCUT2D eigenvalue weighted by Crippen LogP contribution is 2.43. The molecule has 13 rings (SSSR count). The number of sulfone groups is 1. The van der Waals surface area contributed by atoms with Crippen LogP contribution >= 0.6 is 11.3 Å². The van der Waals surface area contributed by atoms with Crippen LogP contribution in [-0.2, 0) is 9.84 Å². The normalized spacial score (nSPS) is 12.1. The SMILES string of the molecule is O=S(=O)(c1ccc(-c2ccc3c(c2)c2ccccc2n3-c2nc(-c3ccccc3)nc(-c3ccccc3)n2)cc1)c1ccc(-n2c3ccccc3c3ccc4c5ccccc5sc4c32)cc1. The van der Waals surface area contributed by atoms with Gasteiger partial charge in [-0.2, -0.15) is 9.97 Å². The number of benzene rings is 9. The maximum atomic E-state index is 14.2. The van der Waals surface area contributed by atoms with Crippen LogP contribution in [0, 0.1) is 0 Å². The smallest absolute Gasteiger partial charge is 0.238 e. The fraction of sp³-hybridized carbons (Fsp3) is 0. The fourth-order valence-electron chi connectivity index (χ4n) is 9.50. The molecule has 4 aromatic heterocycles. The van der Waals surface area contributed by atoms with Crippen LogP contribution in [0.5, 0.6) is 0 Å². The van der Waals surface area contributed by atoms with Gasteiger partial charge in [0.05, 0.1) is 36.6 Å². The van der Waals surface area contributed by atoms with Gasteiger partial charge in [0.1, 0.15) is 0 Å². The van der Waals surface area contributed by atoms with Crippen LogP contribution in [0.15, 0.2) is 222 Å². The van der Waals surface area contributed by atoms with Gasteiger partial charge in [-0.1, -0.05) is 146 Å². The molecule has 9 heteroatoms. The van der Waals surface area contributed by atoms with Crippen molar-refractivity contribution in [2.24, 2.45) is 0 Å². The number of fused-ring (bicyclic) bond motifs is 10. The van der Waals surface area contributed by atoms with E-state index in [0.717, 1.165) is 66.2 Å². The number of nitrogens with zero attached hydrogens (tertiary/aromatic N) is 5. The lowest BCUT2D eigenvalue weighted by Crippen LogP contribution is -2.06. The van der Waals surface area contributed by atoms with Crippen molar-refractivity contribution in [2.45, 2.75) is 9.79 Å². The molecule has 7 nitrogen and oxygen atoms in total. The van der Waals surface area contributed by atoms with Gasteiger partial charge in [0.25, 0.3) is 0 Å². The van der Waals surface area contributed by atoms with Gasteiger partial charge >= 0.3 is 0 Å². The average Bonchev–Trinajstić information content (AvgIpc) is 4.05. The molecule has 9 aromatic carbocycles. The number of aromatic nitrogens is 5. The molecule has 0 aliphatic carbocycles. The first kappa shape index (κ1) is 38.2. The van der Waals surface area contributed by atoms with Crippen molar-refractivity contribution in [3.8, 4) is 45.5 Å². The zero-order chi connectivity index (χ0) is 43.9. The van der Waals surface area contributed by atoms with Gasteiger partial charge in [-0.05, 0) is 77.9 Å². The van der Waals surface area contributed by atoms with Crippen LogP contribution in [0.4, 0.5) is 0 Å². The lowest BCUT2D eigenvalue weighted by Gasteiger charge is -2.11. The second-order valence-corrected chi connectivity index (χ2v) is 19.4. The van der Waals surface area contributed by atoms with Crippen molar-refractivity contribution in [1.82, 2.24) is 24.1 Å². The first-order valence-electron chi connectivity index (χ1n) is 21.7. The molecular formula is C57H35N5O2S2. The molecule has 0 saturated heterocycles. The van der Waals surface area contributed by atoms with Crippen molar-refractivity contribution < 1.29 is 8.42 Å². The van der Waals surface area contributed by atoms with Crippen molar-refractivity contribution in [2.75, 3.05) is 0 Å². The summed E-state index contributed by atoms with van der Waals surface area (Å²) in [6.45, 7) is 0. The van der Waals surface area contributed by atoms with E-state index in [1.54, 1.807) is 35.6 Å². The third-order valence-electron chi connectivity index (χ3n) is 12.6. The van der Waals surface area contributed by atoms with Crippen LogP contribution in [0.25, 0.3) is 109 Å². The molecular weight excluding hydrogens is 851 g/mol. The molecule has 0 unspecified atom stereocenters. The Labute approximate surface area is 383 Å². The van der Waals surface area contributed by atoms with Crippen LogP contribution in [0.2, 0.25) is 0 Å². The Balaban J connectivity index is 0.858. The predicted molar refractivity (Wildman–Crippen MR) is 270 cm³/mol. The highest BCUT2D eigenvalue weighted by Gasteiger charge is 2.22. The van der Waals surface area contributed by atoms with Gasteiger partial charge in [-0.25, -0.2) is 13.4 Å². The Morgan fingerprint density at radius 3 is 1.56 bits per heavy atom. The van der Waals surface area contributed by atoms with Gasteiger partial charge in [-0.3, -0.25) is 4.57 Å². The molecule has 13 aromatic rings. The summed E-state index contributed by atoms with van der Waals surface area (Å²) in [4.78, 5) is 15.5. The van der Waals surface area contributed by atoms with Gasteiger partial charge in [-0.15, -0.1) is 11.3 Å². The summed E-state index contributed by atoms with van der Waals surface area (Å²) >= 11 is 1.79. The summed E-state index contributed by atoms with van der Waals surface area (Å²) in [6.07, 6.45) is 0. The molecule has 312 valence electrons. The van der Waals surface area contributed by atoms with E-state index in [-0.39, 0.29) is 9.79 Å². The first-order chi connectivity index (χ1) is 32.5. The summed E-state index contributed by atoms with van der Waals surface area (Å²) in [7, 11) is -3.83. The van der Waals surface area contributed by atoms with Crippen molar-refractivity contribution in [3.63, 3.8) is 0 Å². The molecule has 0 N–H and O–H groups in total. The fourth-order valence-corrected chi connectivity index (χ4v) is 12.0. The summed E-state index contributed by atoms with van der Waals surface area (Å²) in [5.41, 5.74) is 8.68. The topological polar surface area (TPSA) is 82.7 Å². The lowest BCUT2D eigenvalue weighted by molar-refractivity contribution is 0.596.